The lowest BCUT2D eigenvalue weighted by atomic mass is 10.2. The molecule has 0 saturated carbocycles. The lowest BCUT2D eigenvalue weighted by Gasteiger charge is -2.16. The van der Waals surface area contributed by atoms with Crippen LogP contribution in [0.4, 0.5) is 0 Å². The Morgan fingerprint density at radius 3 is 2.35 bits per heavy atom. The van der Waals surface area contributed by atoms with E-state index in [2.05, 4.69) is 5.32 Å². The molecule has 0 bridgehead atoms. The number of rotatable bonds is 7. The summed E-state index contributed by atoms with van der Waals surface area (Å²) in [4.78, 5) is 36.7. The van der Waals surface area contributed by atoms with E-state index >= 15 is 0 Å². The van der Waals surface area contributed by atoms with Crippen LogP contribution in [-0.4, -0.2) is 49.9 Å². The average molecular weight is 356 g/mol. The predicted molar refractivity (Wildman–Crippen MR) is 94.9 cm³/mol. The van der Waals surface area contributed by atoms with Crippen molar-refractivity contribution in [2.24, 2.45) is 0 Å². The van der Waals surface area contributed by atoms with Gasteiger partial charge in [-0.2, -0.15) is 0 Å². The van der Waals surface area contributed by atoms with Gasteiger partial charge in [-0.15, -0.1) is 0 Å². The number of esters is 1. The van der Waals surface area contributed by atoms with Crippen molar-refractivity contribution in [1.82, 2.24) is 10.2 Å². The summed E-state index contributed by atoms with van der Waals surface area (Å²) in [5.74, 6) is -0.570. The molecule has 2 aromatic rings. The minimum Gasteiger partial charge on any atom is -0.456 e. The topological polar surface area (TPSA) is 84.9 Å². The third-order valence-electron chi connectivity index (χ3n) is 3.49. The highest BCUT2D eigenvalue weighted by Gasteiger charge is 2.18. The first-order valence-electron chi connectivity index (χ1n) is 7.95. The van der Waals surface area contributed by atoms with Crippen LogP contribution in [0.25, 0.3) is 0 Å². The summed E-state index contributed by atoms with van der Waals surface area (Å²) >= 11 is 0. The van der Waals surface area contributed by atoms with Gasteiger partial charge in [0.1, 0.15) is 17.1 Å². The van der Waals surface area contributed by atoms with Gasteiger partial charge in [-0.1, -0.05) is 30.3 Å². The second kappa shape index (κ2) is 9.22. The number of carbonyl (C=O) groups excluding carboxylic acids is 3. The fourth-order valence-corrected chi connectivity index (χ4v) is 2.04. The number of hydrogen-bond acceptors (Lipinski definition) is 5. The van der Waals surface area contributed by atoms with Crippen molar-refractivity contribution in [3.8, 4) is 11.5 Å². The number of amides is 2. The molecule has 7 nitrogen and oxygen atoms in total. The molecule has 0 unspecified atom stereocenters. The number of para-hydroxylation sites is 2. The first kappa shape index (κ1) is 19.0. The maximum atomic E-state index is 12.3. The Morgan fingerprint density at radius 2 is 1.65 bits per heavy atom. The molecule has 0 atom stereocenters. The summed E-state index contributed by atoms with van der Waals surface area (Å²) in [6, 6.07) is 15.6. The van der Waals surface area contributed by atoms with Crippen molar-refractivity contribution < 1.29 is 23.9 Å². The number of likely N-dealkylation sites (N-methyl/N-ethyl adjacent to an activating group) is 2. The highest BCUT2D eigenvalue weighted by Crippen LogP contribution is 2.25. The zero-order valence-electron chi connectivity index (χ0n) is 14.6. The minimum atomic E-state index is -0.682. The van der Waals surface area contributed by atoms with E-state index < -0.39 is 18.5 Å². The molecule has 7 heteroatoms. The van der Waals surface area contributed by atoms with Crippen molar-refractivity contribution in [1.29, 1.82) is 0 Å². The van der Waals surface area contributed by atoms with E-state index in [1.165, 1.54) is 19.0 Å². The molecule has 0 radical (unpaired) electrons. The largest absolute Gasteiger partial charge is 0.456 e. The molecule has 2 rings (SSSR count). The maximum absolute atomic E-state index is 12.3. The molecule has 2 aromatic carbocycles. The van der Waals surface area contributed by atoms with Gasteiger partial charge < -0.3 is 19.7 Å². The second-order valence-electron chi connectivity index (χ2n) is 5.41. The van der Waals surface area contributed by atoms with Gasteiger partial charge in [0.25, 0.3) is 5.91 Å². The Bertz CT molecular complexity index is 777. The van der Waals surface area contributed by atoms with Crippen molar-refractivity contribution in [3.63, 3.8) is 0 Å². The smallest absolute Gasteiger partial charge is 0.342 e. The van der Waals surface area contributed by atoms with E-state index in [1.807, 2.05) is 18.2 Å². The summed E-state index contributed by atoms with van der Waals surface area (Å²) in [6.07, 6.45) is 0. The van der Waals surface area contributed by atoms with Crippen LogP contribution in [0, 0.1) is 0 Å². The highest BCUT2D eigenvalue weighted by atomic mass is 16.5. The van der Waals surface area contributed by atoms with E-state index in [-0.39, 0.29) is 18.0 Å². The zero-order valence-corrected chi connectivity index (χ0v) is 14.6. The average Bonchev–Trinajstić information content (AvgIpc) is 2.66. The van der Waals surface area contributed by atoms with Gasteiger partial charge in [0, 0.05) is 14.1 Å². The Balaban J connectivity index is 1.99. The van der Waals surface area contributed by atoms with Crippen LogP contribution in [0.1, 0.15) is 10.4 Å². The van der Waals surface area contributed by atoms with Gasteiger partial charge in [-0.3, -0.25) is 9.59 Å². The quantitative estimate of drug-likeness (QED) is 0.765. The molecule has 0 spiro atoms. The molecule has 0 aliphatic carbocycles. The number of nitrogens with one attached hydrogen (secondary N) is 1. The molecule has 0 heterocycles. The molecule has 0 saturated heterocycles. The molecule has 0 aromatic heterocycles. The summed E-state index contributed by atoms with van der Waals surface area (Å²) < 4.78 is 10.8. The molecule has 0 aliphatic rings. The number of ether oxygens (including phenoxy) is 2. The summed E-state index contributed by atoms with van der Waals surface area (Å²) in [7, 11) is 2.93. The monoisotopic (exact) mass is 356 g/mol. The van der Waals surface area contributed by atoms with Crippen LogP contribution < -0.4 is 10.1 Å². The highest BCUT2D eigenvalue weighted by molar-refractivity contribution is 5.94. The van der Waals surface area contributed by atoms with Crippen molar-refractivity contribution >= 4 is 17.8 Å². The van der Waals surface area contributed by atoms with Gasteiger partial charge in [0.05, 0.1) is 6.54 Å². The van der Waals surface area contributed by atoms with Crippen molar-refractivity contribution in [3.05, 3.63) is 60.2 Å². The second-order valence-corrected chi connectivity index (χ2v) is 5.41. The van der Waals surface area contributed by atoms with E-state index in [9.17, 15) is 14.4 Å². The Labute approximate surface area is 151 Å². The standard InChI is InChI=1S/C19H20N2O5/c1-20-17(22)12-21(2)18(23)13-25-19(24)15-10-6-7-11-16(15)26-14-8-4-3-5-9-14/h3-11H,12-13H2,1-2H3,(H,20,22). The number of carbonyl (C=O) groups is 3. The Morgan fingerprint density at radius 1 is 1.00 bits per heavy atom. The number of hydrogen-bond donors (Lipinski definition) is 1. The van der Waals surface area contributed by atoms with Gasteiger partial charge in [0.15, 0.2) is 6.61 Å². The predicted octanol–water partition coefficient (Wildman–Crippen LogP) is 1.84. The lowest BCUT2D eigenvalue weighted by molar-refractivity contribution is -0.137. The van der Waals surface area contributed by atoms with Crippen LogP contribution in [0.15, 0.2) is 54.6 Å². The molecular weight excluding hydrogens is 336 g/mol. The molecule has 0 fully saturated rings. The Kier molecular flexibility index (Phi) is 6.73. The first-order valence-corrected chi connectivity index (χ1v) is 7.95. The summed E-state index contributed by atoms with van der Waals surface area (Å²) in [5.41, 5.74) is 0.207. The van der Waals surface area contributed by atoms with Crippen LogP contribution >= 0.6 is 0 Å². The van der Waals surface area contributed by atoms with Gasteiger partial charge >= 0.3 is 5.97 Å². The summed E-state index contributed by atoms with van der Waals surface area (Å²) in [6.45, 7) is -0.577. The fraction of sp³-hybridized carbons (Fsp3) is 0.211. The molecule has 136 valence electrons. The zero-order chi connectivity index (χ0) is 18.9. The molecule has 26 heavy (non-hydrogen) atoms. The fourth-order valence-electron chi connectivity index (χ4n) is 2.04. The summed E-state index contributed by atoms with van der Waals surface area (Å²) in [5, 5.41) is 2.41. The Hall–Kier alpha value is -3.35. The normalized spacial score (nSPS) is 9.92. The van der Waals surface area contributed by atoms with Gasteiger partial charge in [-0.25, -0.2) is 4.79 Å². The molecule has 0 aliphatic heterocycles. The van der Waals surface area contributed by atoms with E-state index in [0.717, 1.165) is 0 Å². The van der Waals surface area contributed by atoms with Crippen molar-refractivity contribution in [2.45, 2.75) is 0 Å². The van der Waals surface area contributed by atoms with Crippen LogP contribution in [0.5, 0.6) is 11.5 Å². The van der Waals surface area contributed by atoms with Crippen LogP contribution in [0.3, 0.4) is 0 Å². The maximum Gasteiger partial charge on any atom is 0.342 e. The van der Waals surface area contributed by atoms with E-state index in [4.69, 9.17) is 9.47 Å². The number of nitrogens with zero attached hydrogens (tertiary/aromatic N) is 1. The lowest BCUT2D eigenvalue weighted by Crippen LogP contribution is -2.39. The molecule has 2 amide bonds. The third-order valence-corrected chi connectivity index (χ3v) is 3.49. The van der Waals surface area contributed by atoms with Crippen LogP contribution in [0.2, 0.25) is 0 Å². The SMILES string of the molecule is CNC(=O)CN(C)C(=O)COC(=O)c1ccccc1Oc1ccccc1. The molecule has 1 N–H and O–H groups in total. The van der Waals surface area contributed by atoms with E-state index in [1.54, 1.807) is 36.4 Å². The minimum absolute atomic E-state index is 0.111. The van der Waals surface area contributed by atoms with Gasteiger partial charge in [-0.05, 0) is 24.3 Å². The van der Waals surface area contributed by atoms with Crippen molar-refractivity contribution in [2.75, 3.05) is 27.2 Å². The molecular formula is C19H20N2O5. The van der Waals surface area contributed by atoms with Gasteiger partial charge in [0.2, 0.25) is 5.91 Å². The number of benzene rings is 2. The van der Waals surface area contributed by atoms with Crippen LogP contribution in [-0.2, 0) is 14.3 Å². The first-order chi connectivity index (χ1) is 12.5. The van der Waals surface area contributed by atoms with E-state index in [0.29, 0.717) is 11.5 Å². The third kappa shape index (κ3) is 5.34.